The van der Waals surface area contributed by atoms with Crippen LogP contribution in [0.25, 0.3) is 0 Å². The molecule has 0 amide bonds. The lowest BCUT2D eigenvalue weighted by Gasteiger charge is -2.27. The van der Waals surface area contributed by atoms with Crippen LogP contribution in [-0.4, -0.2) is 29.2 Å². The molecule has 1 atom stereocenters. The molecule has 6 nitrogen and oxygen atoms in total. The Morgan fingerprint density at radius 1 is 1.36 bits per heavy atom. The molecule has 0 bridgehead atoms. The number of pyridine rings is 1. The summed E-state index contributed by atoms with van der Waals surface area (Å²) in [5, 5.41) is 13.4. The zero-order chi connectivity index (χ0) is 19.5. The fraction of sp³-hybridized carbons (Fsp3) is 0.238. The summed E-state index contributed by atoms with van der Waals surface area (Å²) < 4.78 is 11.8. The van der Waals surface area contributed by atoms with Crippen LogP contribution in [0.3, 0.4) is 0 Å². The van der Waals surface area contributed by atoms with Crippen molar-refractivity contribution in [2.45, 2.75) is 19.3 Å². The molecule has 0 fully saturated rings. The summed E-state index contributed by atoms with van der Waals surface area (Å²) >= 11 is 1.60. The van der Waals surface area contributed by atoms with E-state index in [-0.39, 0.29) is 11.5 Å². The number of thiophene rings is 1. The Balaban J connectivity index is 1.49. The fourth-order valence-electron chi connectivity index (χ4n) is 3.26. The maximum absolute atomic E-state index is 11.4. The maximum atomic E-state index is 11.4. The van der Waals surface area contributed by atoms with Crippen molar-refractivity contribution in [3.8, 4) is 16.6 Å². The Morgan fingerprint density at radius 3 is 3.04 bits per heavy atom. The van der Waals surface area contributed by atoms with Gasteiger partial charge in [0, 0.05) is 29.6 Å². The molecular weight excluding hydrogens is 376 g/mol. The first-order valence-corrected chi connectivity index (χ1v) is 9.84. The van der Waals surface area contributed by atoms with Gasteiger partial charge in [0.05, 0.1) is 24.1 Å². The lowest BCUT2D eigenvalue weighted by molar-refractivity contribution is 0.0697. The number of hydrogen-bond donors (Lipinski definition) is 2. The molecule has 144 valence electrons. The second-order valence-electron chi connectivity index (χ2n) is 6.61. The molecule has 1 unspecified atom stereocenters. The number of carboxylic acid groups (broad SMARTS) is 1. The van der Waals surface area contributed by atoms with Crippen LogP contribution in [0.1, 0.15) is 33.1 Å². The first kappa shape index (κ1) is 18.3. The second-order valence-corrected chi connectivity index (χ2v) is 7.86. The van der Waals surface area contributed by atoms with Crippen molar-refractivity contribution in [1.29, 1.82) is 0 Å². The van der Waals surface area contributed by atoms with E-state index in [1.807, 2.05) is 37.3 Å². The molecule has 1 aliphatic rings. The first-order chi connectivity index (χ1) is 13.6. The summed E-state index contributed by atoms with van der Waals surface area (Å²) in [5.74, 6) is 0.801. The number of anilines is 1. The van der Waals surface area contributed by atoms with Crippen LogP contribution >= 0.6 is 11.3 Å². The maximum Gasteiger partial charge on any atom is 0.337 e. The highest BCUT2D eigenvalue weighted by atomic mass is 32.1. The number of benzene rings is 1. The summed E-state index contributed by atoms with van der Waals surface area (Å²) in [5.41, 5.74) is 1.84. The van der Waals surface area contributed by atoms with Crippen LogP contribution in [0, 0.1) is 6.92 Å². The molecule has 1 aliphatic heterocycles. The van der Waals surface area contributed by atoms with E-state index in [2.05, 4.69) is 10.3 Å². The van der Waals surface area contributed by atoms with E-state index in [9.17, 15) is 9.90 Å². The van der Waals surface area contributed by atoms with Crippen LogP contribution < -0.4 is 14.8 Å². The minimum absolute atomic E-state index is 0.212. The number of fused-ring (bicyclic) bond motifs is 1. The molecule has 0 spiro atoms. The predicted octanol–water partition coefficient (Wildman–Crippen LogP) is 4.92. The van der Waals surface area contributed by atoms with Crippen molar-refractivity contribution < 1.29 is 19.4 Å². The molecule has 3 heterocycles. The monoisotopic (exact) mass is 396 g/mol. The second kappa shape index (κ2) is 7.90. The Morgan fingerprint density at radius 2 is 2.25 bits per heavy atom. The first-order valence-electron chi connectivity index (χ1n) is 9.02. The zero-order valence-electron chi connectivity index (χ0n) is 15.3. The van der Waals surface area contributed by atoms with Gasteiger partial charge in [-0.05, 0) is 43.2 Å². The highest BCUT2D eigenvalue weighted by Crippen LogP contribution is 2.38. The third-order valence-corrected chi connectivity index (χ3v) is 5.55. The number of rotatable bonds is 6. The molecular formula is C21H20N2O4S. The number of carbonyl (C=O) groups is 1. The molecule has 0 aliphatic carbocycles. The van der Waals surface area contributed by atoms with Crippen molar-refractivity contribution in [2.75, 3.05) is 18.5 Å². The van der Waals surface area contributed by atoms with E-state index in [0.717, 1.165) is 28.5 Å². The van der Waals surface area contributed by atoms with Crippen molar-refractivity contribution in [3.63, 3.8) is 0 Å². The average molecular weight is 396 g/mol. The predicted molar refractivity (Wildman–Crippen MR) is 108 cm³/mol. The van der Waals surface area contributed by atoms with Gasteiger partial charge < -0.3 is 19.9 Å². The van der Waals surface area contributed by atoms with Gasteiger partial charge in [-0.3, -0.25) is 4.98 Å². The van der Waals surface area contributed by atoms with Crippen LogP contribution in [0.4, 0.5) is 5.69 Å². The van der Waals surface area contributed by atoms with E-state index in [0.29, 0.717) is 18.8 Å². The van der Waals surface area contributed by atoms with Gasteiger partial charge in [-0.25, -0.2) is 4.79 Å². The van der Waals surface area contributed by atoms with Gasteiger partial charge in [0.15, 0.2) is 5.06 Å². The van der Waals surface area contributed by atoms with Crippen molar-refractivity contribution in [1.82, 2.24) is 4.98 Å². The molecule has 1 aromatic carbocycles. The number of nitrogens with one attached hydrogen (secondary N) is 1. The highest BCUT2D eigenvalue weighted by Gasteiger charge is 2.23. The van der Waals surface area contributed by atoms with Gasteiger partial charge in [0.25, 0.3) is 0 Å². The van der Waals surface area contributed by atoms with E-state index < -0.39 is 5.97 Å². The molecule has 7 heteroatoms. The molecule has 0 radical (unpaired) electrons. The third-order valence-electron chi connectivity index (χ3n) is 4.67. The minimum Gasteiger partial charge on any atom is -0.493 e. The Hall–Kier alpha value is -3.06. The number of carboxylic acids is 1. The molecule has 3 aromatic rings. The summed E-state index contributed by atoms with van der Waals surface area (Å²) in [6.45, 7) is 3.26. The summed E-state index contributed by atoms with van der Waals surface area (Å²) in [6.07, 6.45) is 3.88. The van der Waals surface area contributed by atoms with Gasteiger partial charge >= 0.3 is 5.97 Å². The van der Waals surface area contributed by atoms with Gasteiger partial charge in [0.1, 0.15) is 11.5 Å². The molecule has 28 heavy (non-hydrogen) atoms. The van der Waals surface area contributed by atoms with Crippen molar-refractivity contribution in [3.05, 3.63) is 64.8 Å². The van der Waals surface area contributed by atoms with Gasteiger partial charge in [-0.1, -0.05) is 6.07 Å². The molecule has 0 saturated heterocycles. The number of aromatic carboxylic acids is 1. The van der Waals surface area contributed by atoms with Crippen molar-refractivity contribution in [2.24, 2.45) is 0 Å². The summed E-state index contributed by atoms with van der Waals surface area (Å²) in [7, 11) is 0. The summed E-state index contributed by atoms with van der Waals surface area (Å²) in [6, 6.07) is 11.4. The molecule has 2 aromatic heterocycles. The van der Waals surface area contributed by atoms with E-state index in [4.69, 9.17) is 9.47 Å². The average Bonchev–Trinajstić information content (AvgIpc) is 3.10. The van der Waals surface area contributed by atoms with Gasteiger partial charge in [-0.15, -0.1) is 11.3 Å². The third kappa shape index (κ3) is 3.94. The standard InChI is InChI=1S/C21H20N2O4S/c1-13-2-5-20(28-13)27-15-3-4-16-14(7-9-26-19(16)10-15)11-23-18-12-22-8-6-17(18)21(24)25/h2-6,8,10,12,14,23H,7,9,11H2,1H3,(H,24,25). The summed E-state index contributed by atoms with van der Waals surface area (Å²) in [4.78, 5) is 16.6. The molecule has 4 rings (SSSR count). The van der Waals surface area contributed by atoms with Crippen LogP contribution in [0.5, 0.6) is 16.6 Å². The van der Waals surface area contributed by atoms with Crippen molar-refractivity contribution >= 4 is 23.0 Å². The lowest BCUT2D eigenvalue weighted by Crippen LogP contribution is -2.21. The smallest absolute Gasteiger partial charge is 0.337 e. The van der Waals surface area contributed by atoms with E-state index in [1.54, 1.807) is 17.5 Å². The largest absolute Gasteiger partial charge is 0.493 e. The Kier molecular flexibility index (Phi) is 5.16. The van der Waals surface area contributed by atoms with Crippen LogP contribution in [0.15, 0.2) is 48.8 Å². The highest BCUT2D eigenvalue weighted by molar-refractivity contribution is 7.13. The Bertz CT molecular complexity index is 1000. The number of aryl methyl sites for hydroxylation is 1. The SMILES string of the molecule is Cc1ccc(Oc2ccc3c(c2)OCCC3CNc2cnccc2C(=O)O)s1. The fourth-order valence-corrected chi connectivity index (χ4v) is 3.98. The molecule has 2 N–H and O–H groups in total. The normalized spacial score (nSPS) is 15.4. The zero-order valence-corrected chi connectivity index (χ0v) is 16.2. The molecule has 0 saturated carbocycles. The van der Waals surface area contributed by atoms with E-state index in [1.165, 1.54) is 17.1 Å². The van der Waals surface area contributed by atoms with E-state index >= 15 is 0 Å². The number of ether oxygens (including phenoxy) is 2. The number of nitrogens with zero attached hydrogens (tertiary/aromatic N) is 1. The number of hydrogen-bond acceptors (Lipinski definition) is 6. The lowest BCUT2D eigenvalue weighted by atomic mass is 9.93. The quantitative estimate of drug-likeness (QED) is 0.616. The van der Waals surface area contributed by atoms with Crippen LogP contribution in [0.2, 0.25) is 0 Å². The van der Waals surface area contributed by atoms with Gasteiger partial charge in [-0.2, -0.15) is 0 Å². The van der Waals surface area contributed by atoms with Gasteiger partial charge in [0.2, 0.25) is 0 Å². The topological polar surface area (TPSA) is 80.7 Å². The minimum atomic E-state index is -0.970. The van der Waals surface area contributed by atoms with Crippen LogP contribution in [-0.2, 0) is 0 Å². The number of aromatic nitrogens is 1. The Labute approximate surface area is 166 Å².